The zero-order valence-corrected chi connectivity index (χ0v) is 21.9. The smallest absolute Gasteiger partial charge is 0.490 e. The normalized spacial score (nSPS) is 14.7. The fraction of sp³-hybridized carbons (Fsp3) is 0.321. The van der Waals surface area contributed by atoms with Crippen LogP contribution in [0.2, 0.25) is 0 Å². The number of alkyl carbamates (subject to hydrolysis) is 1. The van der Waals surface area contributed by atoms with E-state index in [4.69, 9.17) is 14.2 Å². The molecule has 39 heavy (non-hydrogen) atoms. The second-order valence-electron chi connectivity index (χ2n) is 10.3. The molecule has 0 saturated carbocycles. The number of aromatic nitrogens is 3. The Hall–Kier alpha value is -4.41. The number of carbonyl (C=O) groups excluding carboxylic acids is 1. The third-order valence-electron chi connectivity index (χ3n) is 5.94. The lowest BCUT2D eigenvalue weighted by Gasteiger charge is -2.24. The van der Waals surface area contributed by atoms with Crippen LogP contribution >= 0.6 is 0 Å². The molecule has 2 aromatic carbocycles. The predicted molar refractivity (Wildman–Crippen MR) is 139 cm³/mol. The summed E-state index contributed by atoms with van der Waals surface area (Å²) in [7, 11) is 0. The average molecular weight is 539 g/mol. The number of nitrogens with zero attached hydrogens (tertiary/aromatic N) is 2. The summed E-state index contributed by atoms with van der Waals surface area (Å²) in [5.74, 6) is 0.320. The number of hydrogen-bond acceptors (Lipinski definition) is 7. The number of ether oxygens (including phenoxy) is 4. The fourth-order valence-corrected chi connectivity index (χ4v) is 4.25. The average Bonchev–Trinajstić information content (AvgIpc) is 3.39. The summed E-state index contributed by atoms with van der Waals surface area (Å²) in [4.78, 5) is 16.9. The largest absolute Gasteiger partial charge is 0.586 e. The first kappa shape index (κ1) is 26.2. The number of para-hydroxylation sites is 1. The summed E-state index contributed by atoms with van der Waals surface area (Å²) in [6, 6.07) is 11.7. The van der Waals surface area contributed by atoms with Gasteiger partial charge in [-0.3, -0.25) is 10.1 Å². The number of amides is 1. The molecule has 0 fully saturated rings. The molecule has 1 atom stereocenters. The van der Waals surface area contributed by atoms with Gasteiger partial charge in [-0.25, -0.2) is 4.79 Å². The lowest BCUT2D eigenvalue weighted by atomic mass is 10.0. The summed E-state index contributed by atoms with van der Waals surface area (Å²) in [6.45, 7) is 7.19. The SMILES string of the molecule is Cc1[nH]nc2ccc(-c3cncc(OC[C@H](Cc4cccc5c4OC(F)(F)O5)NC(=O)OC(C)(C)C)c3)cc12. The molecule has 0 spiro atoms. The van der Waals surface area contributed by atoms with Gasteiger partial charge >= 0.3 is 12.4 Å². The number of fused-ring (bicyclic) bond motifs is 2. The van der Waals surface area contributed by atoms with E-state index in [0.29, 0.717) is 11.3 Å². The van der Waals surface area contributed by atoms with Crippen molar-refractivity contribution in [1.29, 1.82) is 0 Å². The molecule has 0 bridgehead atoms. The van der Waals surface area contributed by atoms with Crippen molar-refractivity contribution in [3.05, 3.63) is 66.1 Å². The molecule has 1 amide bonds. The van der Waals surface area contributed by atoms with Crippen LogP contribution in [-0.4, -0.2) is 45.8 Å². The Kier molecular flexibility index (Phi) is 6.75. The minimum atomic E-state index is -3.76. The van der Waals surface area contributed by atoms with Crippen molar-refractivity contribution < 1.29 is 32.5 Å². The van der Waals surface area contributed by atoms with Crippen molar-refractivity contribution in [2.75, 3.05) is 6.61 Å². The van der Waals surface area contributed by atoms with Crippen molar-refractivity contribution >= 4 is 17.0 Å². The highest BCUT2D eigenvalue weighted by Crippen LogP contribution is 2.43. The third kappa shape index (κ3) is 6.19. The molecule has 3 heterocycles. The van der Waals surface area contributed by atoms with Gasteiger partial charge in [-0.15, -0.1) is 8.78 Å². The fourth-order valence-electron chi connectivity index (χ4n) is 4.25. The third-order valence-corrected chi connectivity index (χ3v) is 5.94. The molecular formula is C28H28F2N4O5. The van der Waals surface area contributed by atoms with Crippen molar-refractivity contribution in [3.8, 4) is 28.4 Å². The maximum Gasteiger partial charge on any atom is 0.586 e. The molecular weight excluding hydrogens is 510 g/mol. The number of carbonyl (C=O) groups is 1. The number of alkyl halides is 2. The molecule has 1 aliphatic heterocycles. The van der Waals surface area contributed by atoms with Gasteiger partial charge in [0.2, 0.25) is 0 Å². The number of aromatic amines is 1. The summed E-state index contributed by atoms with van der Waals surface area (Å²) in [5, 5.41) is 11.0. The number of benzene rings is 2. The maximum absolute atomic E-state index is 13.7. The van der Waals surface area contributed by atoms with Gasteiger partial charge in [0.1, 0.15) is 18.0 Å². The van der Waals surface area contributed by atoms with Crippen molar-refractivity contribution in [1.82, 2.24) is 20.5 Å². The zero-order valence-electron chi connectivity index (χ0n) is 21.9. The highest BCUT2D eigenvalue weighted by Gasteiger charge is 2.44. The van der Waals surface area contributed by atoms with Gasteiger partial charge in [-0.1, -0.05) is 18.2 Å². The van der Waals surface area contributed by atoms with Crippen molar-refractivity contribution in [3.63, 3.8) is 0 Å². The van der Waals surface area contributed by atoms with E-state index in [1.807, 2.05) is 31.2 Å². The van der Waals surface area contributed by atoms with Crippen LogP contribution in [0.3, 0.4) is 0 Å². The van der Waals surface area contributed by atoms with E-state index in [1.165, 1.54) is 6.07 Å². The van der Waals surface area contributed by atoms with E-state index in [9.17, 15) is 13.6 Å². The number of hydrogen-bond donors (Lipinski definition) is 2. The lowest BCUT2D eigenvalue weighted by molar-refractivity contribution is -0.287. The maximum atomic E-state index is 13.7. The number of nitrogens with one attached hydrogen (secondary N) is 2. The van der Waals surface area contributed by atoms with Gasteiger partial charge in [0.05, 0.1) is 17.8 Å². The number of rotatable bonds is 7. The molecule has 4 aromatic rings. The Morgan fingerprint density at radius 3 is 2.74 bits per heavy atom. The highest BCUT2D eigenvalue weighted by atomic mass is 19.3. The van der Waals surface area contributed by atoms with E-state index < -0.39 is 24.0 Å². The van der Waals surface area contributed by atoms with Gasteiger partial charge in [0.25, 0.3) is 0 Å². The van der Waals surface area contributed by atoms with E-state index in [1.54, 1.807) is 45.3 Å². The summed E-state index contributed by atoms with van der Waals surface area (Å²) in [5.41, 5.74) is 3.29. The summed E-state index contributed by atoms with van der Waals surface area (Å²) >= 11 is 0. The molecule has 2 aromatic heterocycles. The van der Waals surface area contributed by atoms with E-state index in [2.05, 4.69) is 25.2 Å². The Balaban J connectivity index is 1.35. The second-order valence-corrected chi connectivity index (χ2v) is 10.3. The van der Waals surface area contributed by atoms with Crippen LogP contribution in [0.4, 0.5) is 13.6 Å². The van der Waals surface area contributed by atoms with Crippen LogP contribution in [0.15, 0.2) is 54.9 Å². The zero-order chi connectivity index (χ0) is 27.8. The Bertz CT molecular complexity index is 1520. The minimum absolute atomic E-state index is 0.00513. The van der Waals surface area contributed by atoms with Crippen LogP contribution in [0.5, 0.6) is 17.2 Å². The Labute approximate surface area is 223 Å². The molecule has 0 saturated heterocycles. The number of aryl methyl sites for hydroxylation is 1. The molecule has 0 aliphatic carbocycles. The van der Waals surface area contributed by atoms with Crippen LogP contribution in [-0.2, 0) is 11.2 Å². The number of halogens is 2. The van der Waals surface area contributed by atoms with Crippen LogP contribution < -0.4 is 19.5 Å². The first-order valence-corrected chi connectivity index (χ1v) is 12.4. The molecule has 0 unspecified atom stereocenters. The molecule has 5 rings (SSSR count). The monoisotopic (exact) mass is 538 g/mol. The van der Waals surface area contributed by atoms with Gasteiger partial charge in [-0.2, -0.15) is 5.10 Å². The van der Waals surface area contributed by atoms with E-state index in [-0.39, 0.29) is 24.5 Å². The number of pyridine rings is 1. The van der Waals surface area contributed by atoms with Gasteiger partial charge < -0.3 is 24.3 Å². The quantitative estimate of drug-likeness (QED) is 0.308. The van der Waals surface area contributed by atoms with Crippen LogP contribution in [0, 0.1) is 6.92 Å². The van der Waals surface area contributed by atoms with Gasteiger partial charge in [-0.05, 0) is 63.9 Å². The van der Waals surface area contributed by atoms with Gasteiger partial charge in [0.15, 0.2) is 11.5 Å². The van der Waals surface area contributed by atoms with Crippen molar-refractivity contribution in [2.24, 2.45) is 0 Å². The van der Waals surface area contributed by atoms with Gasteiger partial charge in [0, 0.05) is 28.4 Å². The first-order valence-electron chi connectivity index (χ1n) is 12.4. The Morgan fingerprint density at radius 1 is 1.13 bits per heavy atom. The second kappa shape index (κ2) is 10.0. The van der Waals surface area contributed by atoms with E-state index >= 15 is 0 Å². The predicted octanol–water partition coefficient (Wildman–Crippen LogP) is 5.77. The van der Waals surface area contributed by atoms with Crippen LogP contribution in [0.1, 0.15) is 32.0 Å². The molecule has 11 heteroatoms. The van der Waals surface area contributed by atoms with E-state index in [0.717, 1.165) is 27.7 Å². The summed E-state index contributed by atoms with van der Waals surface area (Å²) in [6.07, 6.45) is -1.02. The molecule has 0 radical (unpaired) electrons. The highest BCUT2D eigenvalue weighted by molar-refractivity contribution is 5.86. The number of H-pyrrole nitrogens is 1. The summed E-state index contributed by atoms with van der Waals surface area (Å²) < 4.78 is 48.1. The lowest BCUT2D eigenvalue weighted by Crippen LogP contribution is -2.43. The standard InChI is InChI=1S/C28H28F2N4O5/c1-16-22-12-17(8-9-23(22)34-33-16)19-11-21(14-31-13-19)36-15-20(32-26(35)39-27(2,3)4)10-18-6-5-7-24-25(18)38-28(29,30)37-24/h5-9,11-14,20H,10,15H2,1-4H3,(H,32,35)(H,33,34)/t20-/m0/s1. The van der Waals surface area contributed by atoms with Crippen LogP contribution in [0.25, 0.3) is 22.0 Å². The Morgan fingerprint density at radius 2 is 1.95 bits per heavy atom. The molecule has 2 N–H and O–H groups in total. The minimum Gasteiger partial charge on any atom is -0.490 e. The molecule has 204 valence electrons. The topological polar surface area (TPSA) is 108 Å². The molecule has 1 aliphatic rings. The first-order chi connectivity index (χ1) is 18.5. The molecule has 9 nitrogen and oxygen atoms in total. The van der Waals surface area contributed by atoms with Crippen molar-refractivity contribution in [2.45, 2.75) is 52.1 Å².